The van der Waals surface area contributed by atoms with Crippen LogP contribution < -0.4 is 5.32 Å². The molecule has 5 rings (SSSR count). The van der Waals surface area contributed by atoms with Gasteiger partial charge >= 0.3 is 6.18 Å². The predicted octanol–water partition coefficient (Wildman–Crippen LogP) is 4.36. The molecule has 1 aliphatic carbocycles. The third-order valence-electron chi connectivity index (χ3n) is 6.89. The zero-order valence-corrected chi connectivity index (χ0v) is 20.7. The first-order valence-electron chi connectivity index (χ1n) is 11.8. The summed E-state index contributed by atoms with van der Waals surface area (Å²) in [7, 11) is -4.30. The minimum absolute atomic E-state index is 0.00890. The highest BCUT2D eigenvalue weighted by molar-refractivity contribution is 7.89. The molecule has 13 heteroatoms. The van der Waals surface area contributed by atoms with Gasteiger partial charge in [0.15, 0.2) is 0 Å². The molecule has 0 bridgehead atoms. The first-order chi connectivity index (χ1) is 17.3. The Hall–Kier alpha value is -3.06. The molecule has 198 valence electrons. The van der Waals surface area contributed by atoms with Crippen LogP contribution in [-0.4, -0.2) is 40.7 Å². The summed E-state index contributed by atoms with van der Waals surface area (Å²) >= 11 is 0. The number of fused-ring (bicyclic) bond motifs is 1. The standard InChI is InChI=1S/C24H24F4N4O4S/c1-12-7-18(23(33)29-11-17-10-20(24(26,27)28)31-22(30-17)14-3-4-14)32(13(12)2)37(34,35)21-9-15-8-16(25)5-6-19(15)36-21/h5-6,8-10,12-14,18H,3-4,7,11H2,1-2H3,(H,29,33)/t12-,13+,18+/m1/s1. The molecule has 0 spiro atoms. The van der Waals surface area contributed by atoms with E-state index in [1.807, 2.05) is 0 Å². The molecular formula is C24H24F4N4O4S. The summed E-state index contributed by atoms with van der Waals surface area (Å²) in [5, 5.41) is 2.39. The number of alkyl halides is 3. The predicted molar refractivity (Wildman–Crippen MR) is 123 cm³/mol. The number of carbonyl (C=O) groups excluding carboxylic acids is 1. The molecule has 37 heavy (non-hydrogen) atoms. The van der Waals surface area contributed by atoms with Gasteiger partial charge in [-0.05, 0) is 56.4 Å². The highest BCUT2D eigenvalue weighted by Crippen LogP contribution is 2.40. The zero-order chi connectivity index (χ0) is 26.7. The van der Waals surface area contributed by atoms with Crippen LogP contribution in [-0.2, 0) is 27.5 Å². The van der Waals surface area contributed by atoms with Gasteiger partial charge in [0.05, 0.1) is 12.2 Å². The van der Waals surface area contributed by atoms with Crippen molar-refractivity contribution in [3.05, 3.63) is 53.4 Å². The lowest BCUT2D eigenvalue weighted by Crippen LogP contribution is -2.48. The monoisotopic (exact) mass is 540 g/mol. The molecule has 2 aliphatic rings. The van der Waals surface area contributed by atoms with Crippen molar-refractivity contribution in [3.8, 4) is 0 Å². The quantitative estimate of drug-likeness (QED) is 0.466. The normalized spacial score (nSPS) is 23.0. The van der Waals surface area contributed by atoms with Gasteiger partial charge in [-0.3, -0.25) is 4.79 Å². The smallest absolute Gasteiger partial charge is 0.433 e. The molecule has 1 saturated carbocycles. The van der Waals surface area contributed by atoms with Crippen LogP contribution >= 0.6 is 0 Å². The molecule has 3 atom stereocenters. The number of nitrogens with zero attached hydrogens (tertiary/aromatic N) is 3. The zero-order valence-electron chi connectivity index (χ0n) is 19.9. The summed E-state index contributed by atoms with van der Waals surface area (Å²) in [5.41, 5.74) is -0.913. The van der Waals surface area contributed by atoms with E-state index in [2.05, 4.69) is 15.3 Å². The van der Waals surface area contributed by atoms with E-state index in [-0.39, 0.29) is 47.3 Å². The van der Waals surface area contributed by atoms with Gasteiger partial charge in [-0.25, -0.2) is 22.8 Å². The minimum Gasteiger partial charge on any atom is -0.443 e. The Balaban J connectivity index is 1.39. The number of rotatable bonds is 6. The summed E-state index contributed by atoms with van der Waals surface area (Å²) < 4.78 is 87.1. The summed E-state index contributed by atoms with van der Waals surface area (Å²) in [4.78, 5) is 21.0. The highest BCUT2D eigenvalue weighted by Gasteiger charge is 2.48. The third kappa shape index (κ3) is 4.93. The Morgan fingerprint density at radius 3 is 2.57 bits per heavy atom. The van der Waals surface area contributed by atoms with E-state index < -0.39 is 50.8 Å². The number of aromatic nitrogens is 2. The molecule has 3 aromatic rings. The molecule has 2 fully saturated rings. The van der Waals surface area contributed by atoms with Crippen LogP contribution in [0, 0.1) is 11.7 Å². The molecule has 1 amide bonds. The summed E-state index contributed by atoms with van der Waals surface area (Å²) in [6.07, 6.45) is -3.06. The van der Waals surface area contributed by atoms with Crippen LogP contribution in [0.15, 0.2) is 39.8 Å². The fourth-order valence-corrected chi connectivity index (χ4v) is 6.43. The maximum absolute atomic E-state index is 13.6. The number of furan rings is 1. The van der Waals surface area contributed by atoms with E-state index >= 15 is 0 Å². The molecule has 1 aliphatic heterocycles. The molecule has 1 N–H and O–H groups in total. The number of hydrogen-bond acceptors (Lipinski definition) is 6. The van der Waals surface area contributed by atoms with Crippen LogP contribution in [0.2, 0.25) is 0 Å². The van der Waals surface area contributed by atoms with Crippen LogP contribution in [0.5, 0.6) is 0 Å². The van der Waals surface area contributed by atoms with Crippen molar-refractivity contribution in [3.63, 3.8) is 0 Å². The van der Waals surface area contributed by atoms with Crippen molar-refractivity contribution in [2.75, 3.05) is 0 Å². The molecule has 2 aromatic heterocycles. The molecule has 0 unspecified atom stereocenters. The van der Waals surface area contributed by atoms with Gasteiger partial charge in [0, 0.05) is 23.4 Å². The average Bonchev–Trinajstić information content (AvgIpc) is 3.52. The second-order valence-corrected chi connectivity index (χ2v) is 11.4. The number of halogens is 4. The van der Waals surface area contributed by atoms with Gasteiger partial charge in [0.2, 0.25) is 11.0 Å². The Bertz CT molecular complexity index is 1470. The minimum atomic E-state index is -4.66. The van der Waals surface area contributed by atoms with Crippen LogP contribution in [0.1, 0.15) is 56.2 Å². The van der Waals surface area contributed by atoms with Gasteiger partial charge in [-0.1, -0.05) is 6.92 Å². The summed E-state index contributed by atoms with van der Waals surface area (Å²) in [5.74, 6) is -1.45. The average molecular weight is 541 g/mol. The van der Waals surface area contributed by atoms with Crippen LogP contribution in [0.25, 0.3) is 11.0 Å². The van der Waals surface area contributed by atoms with E-state index in [1.54, 1.807) is 13.8 Å². The van der Waals surface area contributed by atoms with Crippen LogP contribution in [0.3, 0.4) is 0 Å². The second kappa shape index (κ2) is 9.05. The lowest BCUT2D eigenvalue weighted by atomic mass is 10.0. The van der Waals surface area contributed by atoms with Gasteiger partial charge in [-0.2, -0.15) is 17.5 Å². The molecule has 3 heterocycles. The fourth-order valence-electron chi connectivity index (χ4n) is 4.59. The van der Waals surface area contributed by atoms with Crippen molar-refractivity contribution in [1.82, 2.24) is 19.6 Å². The second-order valence-electron chi connectivity index (χ2n) is 9.64. The van der Waals surface area contributed by atoms with Crippen molar-refractivity contribution < 1.29 is 35.2 Å². The Kier molecular flexibility index (Phi) is 6.26. The number of carbonyl (C=O) groups is 1. The maximum atomic E-state index is 13.6. The maximum Gasteiger partial charge on any atom is 0.433 e. The molecule has 1 saturated heterocycles. The molecule has 8 nitrogen and oxygen atoms in total. The van der Waals surface area contributed by atoms with Crippen molar-refractivity contribution >= 4 is 26.9 Å². The topological polar surface area (TPSA) is 105 Å². The first kappa shape index (κ1) is 25.6. The lowest BCUT2D eigenvalue weighted by Gasteiger charge is -2.26. The lowest BCUT2D eigenvalue weighted by molar-refractivity contribution is -0.141. The Morgan fingerprint density at radius 1 is 1.16 bits per heavy atom. The highest BCUT2D eigenvalue weighted by atomic mass is 32.2. The summed E-state index contributed by atoms with van der Waals surface area (Å²) in [6, 6.07) is 3.91. The van der Waals surface area contributed by atoms with E-state index in [9.17, 15) is 30.8 Å². The Labute approximate surface area is 210 Å². The SMILES string of the molecule is C[C@@H]1C[C@@H](C(=O)NCc2cc(C(F)(F)F)nc(C3CC3)n2)N(S(=O)(=O)c2cc3cc(F)ccc3o2)[C@H]1C. The van der Waals surface area contributed by atoms with Gasteiger partial charge in [0.1, 0.15) is 29.0 Å². The largest absolute Gasteiger partial charge is 0.443 e. The van der Waals surface area contributed by atoms with Gasteiger partial charge in [0.25, 0.3) is 10.0 Å². The number of benzene rings is 1. The van der Waals surface area contributed by atoms with E-state index in [0.29, 0.717) is 12.8 Å². The fraction of sp³-hybridized carbons (Fsp3) is 0.458. The van der Waals surface area contributed by atoms with E-state index in [4.69, 9.17) is 4.42 Å². The van der Waals surface area contributed by atoms with E-state index in [0.717, 1.165) is 22.5 Å². The molecule has 1 aromatic carbocycles. The van der Waals surface area contributed by atoms with E-state index in [1.165, 1.54) is 12.1 Å². The number of amides is 1. The van der Waals surface area contributed by atoms with Crippen molar-refractivity contribution in [2.24, 2.45) is 5.92 Å². The van der Waals surface area contributed by atoms with Gasteiger partial charge in [-0.15, -0.1) is 0 Å². The number of nitrogens with one attached hydrogen (secondary N) is 1. The molecular weight excluding hydrogens is 516 g/mol. The summed E-state index contributed by atoms with van der Waals surface area (Å²) in [6.45, 7) is 3.15. The van der Waals surface area contributed by atoms with Crippen molar-refractivity contribution in [2.45, 2.75) is 68.9 Å². The number of hydrogen-bond donors (Lipinski definition) is 1. The van der Waals surface area contributed by atoms with Crippen molar-refractivity contribution in [1.29, 1.82) is 0 Å². The van der Waals surface area contributed by atoms with Gasteiger partial charge < -0.3 is 9.73 Å². The first-order valence-corrected chi connectivity index (χ1v) is 13.2. The van der Waals surface area contributed by atoms with Crippen LogP contribution in [0.4, 0.5) is 17.6 Å². The third-order valence-corrected chi connectivity index (χ3v) is 8.74. The number of sulfonamides is 1. The molecule has 0 radical (unpaired) electrons. The Morgan fingerprint density at radius 2 is 1.89 bits per heavy atom.